The molecule has 2 unspecified atom stereocenters. The van der Waals surface area contributed by atoms with Crippen molar-refractivity contribution >= 4 is 29.6 Å². The van der Waals surface area contributed by atoms with E-state index in [0.29, 0.717) is 32.2 Å². The number of unbranched alkanes of at least 4 members (excludes halogenated alkanes) is 12. The molecule has 256 valence electrons. The lowest BCUT2D eigenvalue weighted by atomic mass is 10.0. The number of methoxy groups -OCH3 is 1. The van der Waals surface area contributed by atoms with Crippen LogP contribution in [0.25, 0.3) is 0 Å². The zero-order valence-electron chi connectivity index (χ0n) is 28.5. The Morgan fingerprint density at radius 3 is 1.64 bits per heavy atom. The highest BCUT2D eigenvalue weighted by Gasteiger charge is 2.25. The van der Waals surface area contributed by atoms with Gasteiger partial charge < -0.3 is 26.0 Å². The quantitative estimate of drug-likeness (QED) is 0.0672. The molecule has 0 spiro atoms. The van der Waals surface area contributed by atoms with E-state index in [1.54, 1.807) is 13.8 Å². The molecule has 4 N–H and O–H groups in total. The van der Waals surface area contributed by atoms with E-state index in [4.69, 9.17) is 4.74 Å². The Hall–Kier alpha value is -2.65. The van der Waals surface area contributed by atoms with Crippen LogP contribution in [0, 0.1) is 5.92 Å². The van der Waals surface area contributed by atoms with Crippen LogP contribution in [-0.4, -0.2) is 61.9 Å². The van der Waals surface area contributed by atoms with Gasteiger partial charge in [-0.1, -0.05) is 105 Å². The Morgan fingerprint density at radius 1 is 0.591 bits per heavy atom. The maximum Gasteiger partial charge on any atom is 0.328 e. The summed E-state index contributed by atoms with van der Waals surface area (Å²) in [5.74, 6) is -1.63. The van der Waals surface area contributed by atoms with Gasteiger partial charge in [-0.25, -0.2) is 4.79 Å². The smallest absolute Gasteiger partial charge is 0.328 e. The minimum atomic E-state index is -0.802. The Labute approximate surface area is 267 Å². The van der Waals surface area contributed by atoms with Gasteiger partial charge in [0.25, 0.3) is 0 Å². The van der Waals surface area contributed by atoms with Crippen LogP contribution in [0.1, 0.15) is 150 Å². The standard InChI is InChI=1S/C34H64N4O6/c1-6-8-10-12-14-16-18-22-29(39)35-24-20-21-28(37-30(40)23-19-17-15-13-11-9-7-2)25-31(41)36-26-32(42)38-33(27(3)4)34(43)44-5/h27-28,33H,6-26H2,1-5H3,(H,35,39)(H,36,41)(H,37,40)(H,38,42). The van der Waals surface area contributed by atoms with Crippen LogP contribution >= 0.6 is 0 Å². The molecule has 0 heterocycles. The van der Waals surface area contributed by atoms with Gasteiger partial charge in [-0.05, 0) is 31.6 Å². The van der Waals surface area contributed by atoms with E-state index in [0.717, 1.165) is 32.1 Å². The average Bonchev–Trinajstić information content (AvgIpc) is 2.99. The van der Waals surface area contributed by atoms with Crippen molar-refractivity contribution in [3.05, 3.63) is 0 Å². The SMILES string of the molecule is CCCCCCCCCC(=O)NCCCC(CC(=O)NCC(=O)NC(C(=O)OC)C(C)C)NC(=O)CCCCCCCCC. The molecule has 10 heteroatoms. The highest BCUT2D eigenvalue weighted by Crippen LogP contribution is 2.11. The molecule has 2 atom stereocenters. The number of nitrogens with one attached hydrogen (secondary N) is 4. The van der Waals surface area contributed by atoms with Gasteiger partial charge in [-0.15, -0.1) is 0 Å². The predicted molar refractivity (Wildman–Crippen MR) is 176 cm³/mol. The first-order valence-corrected chi connectivity index (χ1v) is 17.3. The molecule has 0 aromatic carbocycles. The molecule has 0 aromatic heterocycles. The van der Waals surface area contributed by atoms with Crippen molar-refractivity contribution < 1.29 is 28.7 Å². The fraction of sp³-hybridized carbons (Fsp3) is 0.853. The zero-order valence-corrected chi connectivity index (χ0v) is 28.5. The predicted octanol–water partition coefficient (Wildman–Crippen LogP) is 5.47. The van der Waals surface area contributed by atoms with Crippen molar-refractivity contribution in [2.24, 2.45) is 5.92 Å². The Balaban J connectivity index is 4.69. The molecule has 0 saturated carbocycles. The van der Waals surface area contributed by atoms with Crippen LogP contribution in [0.3, 0.4) is 0 Å². The largest absolute Gasteiger partial charge is 0.467 e. The van der Waals surface area contributed by atoms with Gasteiger partial charge in [-0.2, -0.15) is 0 Å². The van der Waals surface area contributed by atoms with E-state index in [-0.39, 0.29) is 36.6 Å². The third kappa shape index (κ3) is 23.8. The summed E-state index contributed by atoms with van der Waals surface area (Å²) in [6, 6.07) is -1.21. The van der Waals surface area contributed by atoms with Crippen molar-refractivity contribution in [3.8, 4) is 0 Å². The second-order valence-corrected chi connectivity index (χ2v) is 12.3. The van der Waals surface area contributed by atoms with E-state index < -0.39 is 24.0 Å². The lowest BCUT2D eigenvalue weighted by Crippen LogP contribution is -2.49. The van der Waals surface area contributed by atoms with Crippen LogP contribution in [0.15, 0.2) is 0 Å². The first kappa shape index (κ1) is 41.4. The molecule has 0 fully saturated rings. The summed E-state index contributed by atoms with van der Waals surface area (Å²) in [6.45, 7) is 8.16. The summed E-state index contributed by atoms with van der Waals surface area (Å²) in [4.78, 5) is 61.9. The van der Waals surface area contributed by atoms with Crippen molar-refractivity contribution in [1.29, 1.82) is 0 Å². The third-order valence-corrected chi connectivity index (χ3v) is 7.75. The van der Waals surface area contributed by atoms with Crippen molar-refractivity contribution in [2.45, 2.75) is 162 Å². The van der Waals surface area contributed by atoms with Crippen LogP contribution in [0.4, 0.5) is 0 Å². The molecule has 0 aliphatic carbocycles. The van der Waals surface area contributed by atoms with Crippen LogP contribution in [0.2, 0.25) is 0 Å². The van der Waals surface area contributed by atoms with Crippen molar-refractivity contribution in [2.75, 3.05) is 20.2 Å². The fourth-order valence-electron chi connectivity index (χ4n) is 5.00. The normalized spacial score (nSPS) is 12.3. The van der Waals surface area contributed by atoms with Gasteiger partial charge in [0.1, 0.15) is 6.04 Å². The van der Waals surface area contributed by atoms with Crippen LogP contribution in [-0.2, 0) is 28.7 Å². The van der Waals surface area contributed by atoms with Crippen molar-refractivity contribution in [1.82, 2.24) is 21.3 Å². The molecule has 10 nitrogen and oxygen atoms in total. The number of ether oxygens (including phenoxy) is 1. The lowest BCUT2D eigenvalue weighted by molar-refractivity contribution is -0.146. The highest BCUT2D eigenvalue weighted by atomic mass is 16.5. The van der Waals surface area contributed by atoms with Gasteiger partial charge in [0.2, 0.25) is 23.6 Å². The lowest BCUT2D eigenvalue weighted by Gasteiger charge is -2.21. The minimum Gasteiger partial charge on any atom is -0.467 e. The van der Waals surface area contributed by atoms with Gasteiger partial charge in [0.05, 0.1) is 13.7 Å². The topological polar surface area (TPSA) is 143 Å². The molecule has 44 heavy (non-hydrogen) atoms. The van der Waals surface area contributed by atoms with E-state index in [1.807, 2.05) is 0 Å². The second kappa shape index (κ2) is 27.9. The van der Waals surface area contributed by atoms with Crippen molar-refractivity contribution in [3.63, 3.8) is 0 Å². The molecule has 4 amide bonds. The molecular formula is C34H64N4O6. The number of amides is 4. The summed E-state index contributed by atoms with van der Waals surface area (Å²) in [5.41, 5.74) is 0. The van der Waals surface area contributed by atoms with E-state index in [9.17, 15) is 24.0 Å². The first-order chi connectivity index (χ1) is 21.1. The van der Waals surface area contributed by atoms with Gasteiger partial charge in [-0.3, -0.25) is 19.2 Å². The fourth-order valence-corrected chi connectivity index (χ4v) is 5.00. The van der Waals surface area contributed by atoms with E-state index in [2.05, 4.69) is 35.1 Å². The molecule has 0 aliphatic rings. The van der Waals surface area contributed by atoms with Gasteiger partial charge in [0, 0.05) is 31.8 Å². The number of rotatable bonds is 28. The summed E-state index contributed by atoms with van der Waals surface area (Å²) in [7, 11) is 1.26. The molecule has 0 rings (SSSR count). The molecular weight excluding hydrogens is 560 g/mol. The third-order valence-electron chi connectivity index (χ3n) is 7.75. The monoisotopic (exact) mass is 624 g/mol. The summed E-state index contributed by atoms with van der Waals surface area (Å²) in [5, 5.41) is 11.1. The Bertz CT molecular complexity index is 805. The van der Waals surface area contributed by atoms with Crippen LogP contribution < -0.4 is 21.3 Å². The first-order valence-electron chi connectivity index (χ1n) is 17.3. The number of esters is 1. The summed E-state index contributed by atoms with van der Waals surface area (Å²) < 4.78 is 4.74. The Kier molecular flexibility index (Phi) is 26.2. The van der Waals surface area contributed by atoms with Crippen LogP contribution in [0.5, 0.6) is 0 Å². The molecule has 0 bridgehead atoms. The summed E-state index contributed by atoms with van der Waals surface area (Å²) >= 11 is 0. The number of hydrogen-bond donors (Lipinski definition) is 4. The van der Waals surface area contributed by atoms with Gasteiger partial charge in [0.15, 0.2) is 0 Å². The number of carbonyl (C=O) groups excluding carboxylic acids is 5. The molecule has 0 aliphatic heterocycles. The maximum absolute atomic E-state index is 12.7. The van der Waals surface area contributed by atoms with E-state index in [1.165, 1.54) is 64.9 Å². The summed E-state index contributed by atoms with van der Waals surface area (Å²) in [6.07, 6.45) is 18.0. The zero-order chi connectivity index (χ0) is 33.0. The minimum absolute atomic E-state index is 0.0205. The maximum atomic E-state index is 12.7. The second-order valence-electron chi connectivity index (χ2n) is 12.3. The van der Waals surface area contributed by atoms with Gasteiger partial charge >= 0.3 is 5.97 Å². The average molecular weight is 625 g/mol. The number of hydrogen-bond acceptors (Lipinski definition) is 6. The molecule has 0 saturated heterocycles. The molecule has 0 aromatic rings. The Morgan fingerprint density at radius 2 is 1.11 bits per heavy atom. The molecule has 0 radical (unpaired) electrons. The van der Waals surface area contributed by atoms with E-state index >= 15 is 0 Å². The number of carbonyl (C=O) groups is 5. The highest BCUT2D eigenvalue weighted by molar-refractivity contribution is 5.88.